The van der Waals surface area contributed by atoms with Crippen LogP contribution in [0.25, 0.3) is 0 Å². The highest BCUT2D eigenvalue weighted by atomic mass is 16.5. The zero-order valence-corrected chi connectivity index (χ0v) is 12.4. The van der Waals surface area contributed by atoms with Crippen LogP contribution in [-0.4, -0.2) is 30.2 Å². The summed E-state index contributed by atoms with van der Waals surface area (Å²) in [6.07, 6.45) is 21.5. The van der Waals surface area contributed by atoms with E-state index in [9.17, 15) is 0 Å². The van der Waals surface area contributed by atoms with Gasteiger partial charge in [-0.2, -0.15) is 5.26 Å². The van der Waals surface area contributed by atoms with E-state index in [1.807, 2.05) is 23.2 Å². The Morgan fingerprint density at radius 2 is 2.04 bits per heavy atom. The topological polar surface area (TPSA) is 73.3 Å². The lowest BCUT2D eigenvalue weighted by Gasteiger charge is -2.10. The fraction of sp³-hybridized carbons (Fsp3) is 0.0588. The van der Waals surface area contributed by atoms with Gasteiger partial charge in [-0.25, -0.2) is 0 Å². The number of allylic oxidation sites excluding steroid dienone is 7. The van der Waals surface area contributed by atoms with Gasteiger partial charge in [0, 0.05) is 31.0 Å². The van der Waals surface area contributed by atoms with Crippen molar-refractivity contribution in [2.75, 3.05) is 6.67 Å². The molecule has 0 bridgehead atoms. The van der Waals surface area contributed by atoms with Crippen LogP contribution >= 0.6 is 0 Å². The van der Waals surface area contributed by atoms with Crippen LogP contribution in [-0.2, 0) is 4.74 Å². The molecule has 0 radical (unpaired) electrons. The Bertz CT molecular complexity index is 712. The summed E-state index contributed by atoms with van der Waals surface area (Å²) in [5.74, 6) is 0. The monoisotopic (exact) mass is 305 g/mol. The molecule has 0 saturated heterocycles. The number of aliphatic imine (C=N–C) groups is 3. The van der Waals surface area contributed by atoms with Gasteiger partial charge in [0.25, 0.3) is 0 Å². The van der Waals surface area contributed by atoms with Gasteiger partial charge in [-0.05, 0) is 24.3 Å². The molecule has 6 nitrogen and oxygen atoms in total. The molecule has 2 aliphatic rings. The van der Waals surface area contributed by atoms with Gasteiger partial charge in [0.15, 0.2) is 0 Å². The summed E-state index contributed by atoms with van der Waals surface area (Å²) in [7, 11) is 0. The van der Waals surface area contributed by atoms with E-state index in [4.69, 9.17) is 10.00 Å². The van der Waals surface area contributed by atoms with Crippen molar-refractivity contribution in [1.29, 1.82) is 5.26 Å². The minimum atomic E-state index is 0.403. The molecule has 2 rings (SSSR count). The fourth-order valence-electron chi connectivity index (χ4n) is 1.58. The minimum absolute atomic E-state index is 0.403. The van der Waals surface area contributed by atoms with Gasteiger partial charge < -0.3 is 9.64 Å². The lowest BCUT2D eigenvalue weighted by Crippen LogP contribution is -2.10. The lowest BCUT2D eigenvalue weighted by molar-refractivity contribution is 0.401. The molecule has 0 amide bonds. The number of fused-ring (bicyclic) bond motifs is 1. The maximum atomic E-state index is 9.01. The predicted molar refractivity (Wildman–Crippen MR) is 91.6 cm³/mol. The van der Waals surface area contributed by atoms with Crippen molar-refractivity contribution >= 4 is 18.6 Å². The second-order valence-corrected chi connectivity index (χ2v) is 4.26. The van der Waals surface area contributed by atoms with Gasteiger partial charge in [0.1, 0.15) is 19.0 Å². The highest BCUT2D eigenvalue weighted by Gasteiger charge is 2.08. The number of hydrogen-bond donors (Lipinski definition) is 0. The van der Waals surface area contributed by atoms with Crippen LogP contribution in [0, 0.1) is 11.3 Å². The van der Waals surface area contributed by atoms with Crippen molar-refractivity contribution in [3.8, 4) is 6.07 Å². The predicted octanol–water partition coefficient (Wildman–Crippen LogP) is 2.85. The summed E-state index contributed by atoms with van der Waals surface area (Å²) < 4.78 is 5.14. The average Bonchev–Trinajstić information content (AvgIpc) is 3.01. The summed E-state index contributed by atoms with van der Waals surface area (Å²) in [5, 5.41) is 9.01. The first kappa shape index (κ1) is 15.9. The summed E-state index contributed by atoms with van der Waals surface area (Å²) in [6, 6.07) is 2.04. The molecule has 114 valence electrons. The van der Waals surface area contributed by atoms with Gasteiger partial charge in [0.05, 0.1) is 23.7 Å². The van der Waals surface area contributed by atoms with E-state index in [1.165, 1.54) is 12.5 Å². The molecule has 2 aliphatic heterocycles. The second-order valence-electron chi connectivity index (χ2n) is 4.26. The van der Waals surface area contributed by atoms with E-state index in [-0.39, 0.29) is 0 Å². The highest BCUT2D eigenvalue weighted by molar-refractivity contribution is 6.16. The third-order valence-electron chi connectivity index (χ3n) is 2.65. The van der Waals surface area contributed by atoms with Crippen molar-refractivity contribution in [2.24, 2.45) is 15.0 Å². The van der Waals surface area contributed by atoms with Crippen molar-refractivity contribution in [1.82, 2.24) is 4.90 Å². The van der Waals surface area contributed by atoms with E-state index in [0.717, 1.165) is 5.70 Å². The molecule has 0 aliphatic carbocycles. The highest BCUT2D eigenvalue weighted by Crippen LogP contribution is 2.09. The summed E-state index contributed by atoms with van der Waals surface area (Å²) in [4.78, 5) is 14.3. The summed E-state index contributed by atoms with van der Waals surface area (Å²) in [5.41, 5.74) is 1.28. The van der Waals surface area contributed by atoms with Gasteiger partial charge in [0.2, 0.25) is 0 Å². The van der Waals surface area contributed by atoms with Crippen molar-refractivity contribution in [3.63, 3.8) is 0 Å². The normalized spacial score (nSPS) is 17.8. The molecule has 23 heavy (non-hydrogen) atoms. The molecule has 0 aromatic heterocycles. The Morgan fingerprint density at radius 3 is 2.96 bits per heavy atom. The molecule has 0 unspecified atom stereocenters. The molecule has 0 aromatic carbocycles. The third kappa shape index (κ3) is 5.81. The summed E-state index contributed by atoms with van der Waals surface area (Å²) >= 11 is 0. The van der Waals surface area contributed by atoms with Gasteiger partial charge in [-0.1, -0.05) is 6.08 Å². The zero-order chi connectivity index (χ0) is 16.2. The molecule has 0 spiro atoms. The van der Waals surface area contributed by atoms with Gasteiger partial charge in [-0.15, -0.1) is 0 Å². The van der Waals surface area contributed by atoms with E-state index in [1.54, 1.807) is 55.3 Å². The maximum absolute atomic E-state index is 9.01. The first-order chi connectivity index (χ1) is 11.4. The Morgan fingerprint density at radius 1 is 1.13 bits per heavy atom. The number of ether oxygens (including phenoxy) is 1. The van der Waals surface area contributed by atoms with Crippen LogP contribution in [0.4, 0.5) is 0 Å². The number of nitriles is 1. The van der Waals surface area contributed by atoms with E-state index < -0.39 is 0 Å². The maximum Gasteiger partial charge on any atom is 0.114 e. The van der Waals surface area contributed by atoms with Crippen LogP contribution in [0.3, 0.4) is 0 Å². The standard InChI is InChI=1S/C17H15N5O/c18-11-16-5-1-3-9-22-15-21-13-17(22)12-20-8-7-19-6-2-4-10-23-14-16/h1-10,12-14H,15H2. The van der Waals surface area contributed by atoms with E-state index >= 15 is 0 Å². The Balaban J connectivity index is 2.19. The van der Waals surface area contributed by atoms with Crippen LogP contribution in [0.1, 0.15) is 0 Å². The summed E-state index contributed by atoms with van der Waals surface area (Å²) in [6.45, 7) is 0.539. The van der Waals surface area contributed by atoms with Crippen LogP contribution in [0.2, 0.25) is 0 Å². The molecule has 0 aromatic rings. The molecule has 2 heterocycles. The molecular weight excluding hydrogens is 290 g/mol. The van der Waals surface area contributed by atoms with Crippen LogP contribution < -0.4 is 0 Å². The third-order valence-corrected chi connectivity index (χ3v) is 2.65. The second kappa shape index (κ2) is 9.47. The molecule has 0 N–H and O–H groups in total. The molecule has 0 saturated carbocycles. The molecule has 6 heteroatoms. The van der Waals surface area contributed by atoms with Crippen LogP contribution in [0.15, 0.2) is 87.8 Å². The Kier molecular flexibility index (Phi) is 6.56. The first-order valence-electron chi connectivity index (χ1n) is 6.84. The number of nitrogens with zero attached hydrogens (tertiary/aromatic N) is 5. The van der Waals surface area contributed by atoms with Crippen LogP contribution in [0.5, 0.6) is 0 Å². The largest absolute Gasteiger partial charge is 0.471 e. The molecular formula is C17H15N5O. The Labute approximate surface area is 134 Å². The smallest absolute Gasteiger partial charge is 0.114 e. The molecule has 0 atom stereocenters. The number of rotatable bonds is 0. The zero-order valence-electron chi connectivity index (χ0n) is 12.4. The minimum Gasteiger partial charge on any atom is -0.471 e. The van der Waals surface area contributed by atoms with Crippen molar-refractivity contribution in [3.05, 3.63) is 72.8 Å². The van der Waals surface area contributed by atoms with Crippen molar-refractivity contribution < 1.29 is 4.74 Å². The van der Waals surface area contributed by atoms with Crippen molar-refractivity contribution in [2.45, 2.75) is 0 Å². The van der Waals surface area contributed by atoms with Gasteiger partial charge >= 0.3 is 0 Å². The van der Waals surface area contributed by atoms with E-state index in [2.05, 4.69) is 15.0 Å². The SMILES string of the molecule is N#CC1=COC=CC=CN=CC=NC=C2C=NCN2C=CC=C1. The quantitative estimate of drug-likeness (QED) is 0.690. The molecule has 0 fully saturated rings. The first-order valence-corrected chi connectivity index (χ1v) is 6.84. The van der Waals surface area contributed by atoms with E-state index in [0.29, 0.717) is 12.2 Å². The average molecular weight is 305 g/mol. The number of hydrogen-bond acceptors (Lipinski definition) is 6. The lowest BCUT2D eigenvalue weighted by atomic mass is 10.3. The Hall–Kier alpha value is -3.46. The van der Waals surface area contributed by atoms with Gasteiger partial charge in [-0.3, -0.25) is 15.0 Å². The fourth-order valence-corrected chi connectivity index (χ4v) is 1.58.